The van der Waals surface area contributed by atoms with Crippen LogP contribution in [0.2, 0.25) is 0 Å². The smallest absolute Gasteiger partial charge is 0.253 e. The van der Waals surface area contributed by atoms with E-state index in [4.69, 9.17) is 15.2 Å². The van der Waals surface area contributed by atoms with Crippen molar-refractivity contribution in [2.45, 2.75) is 50.9 Å². The van der Waals surface area contributed by atoms with Crippen molar-refractivity contribution < 1.29 is 14.3 Å². The van der Waals surface area contributed by atoms with Crippen LogP contribution in [0.3, 0.4) is 0 Å². The molecule has 7 heteroatoms. The second kappa shape index (κ2) is 9.24. The second-order valence-electron chi connectivity index (χ2n) is 8.58. The standard InChI is InChI=1S/C24H32N4O3/c1-17(2)30-15-5-11-27-23(29)22-19-6-3-4-7-20(19)24(31-22)9-13-28(14-10-24)21-16-18(25)8-12-26-21/h3-4,6-8,12,16-17,22H,5,9-11,13-15H2,1-2H3,(H2,25,26)(H,27,29). The zero-order valence-electron chi connectivity index (χ0n) is 18.3. The van der Waals surface area contributed by atoms with E-state index in [-0.39, 0.29) is 12.0 Å². The van der Waals surface area contributed by atoms with E-state index in [1.54, 1.807) is 12.3 Å². The number of aromatic nitrogens is 1. The van der Waals surface area contributed by atoms with Gasteiger partial charge in [0.15, 0.2) is 6.10 Å². The lowest BCUT2D eigenvalue weighted by Crippen LogP contribution is -2.43. The van der Waals surface area contributed by atoms with Gasteiger partial charge < -0.3 is 25.4 Å². The van der Waals surface area contributed by atoms with Crippen LogP contribution in [0.5, 0.6) is 0 Å². The molecule has 7 nitrogen and oxygen atoms in total. The first kappa shape index (κ1) is 21.6. The Hall–Kier alpha value is -2.64. The fraction of sp³-hybridized carbons (Fsp3) is 0.500. The molecule has 2 aromatic rings. The van der Waals surface area contributed by atoms with Crippen LogP contribution in [-0.2, 0) is 19.9 Å². The zero-order valence-corrected chi connectivity index (χ0v) is 18.3. The quantitative estimate of drug-likeness (QED) is 0.664. The lowest BCUT2D eigenvalue weighted by atomic mass is 9.83. The predicted molar refractivity (Wildman–Crippen MR) is 121 cm³/mol. The Kier molecular flexibility index (Phi) is 6.43. The number of pyridine rings is 1. The summed E-state index contributed by atoms with van der Waals surface area (Å²) in [5.74, 6) is 0.813. The minimum absolute atomic E-state index is 0.0752. The first-order valence-corrected chi connectivity index (χ1v) is 11.1. The third kappa shape index (κ3) is 4.67. The SMILES string of the molecule is CC(C)OCCCNC(=O)C1OC2(CCN(c3cc(N)ccn3)CC2)c2ccccc21. The van der Waals surface area contributed by atoms with Crippen molar-refractivity contribution in [3.63, 3.8) is 0 Å². The van der Waals surface area contributed by atoms with Crippen LogP contribution in [0.1, 0.15) is 50.3 Å². The second-order valence-corrected chi connectivity index (χ2v) is 8.58. The van der Waals surface area contributed by atoms with E-state index < -0.39 is 11.7 Å². The molecule has 3 N–H and O–H groups in total. The predicted octanol–water partition coefficient (Wildman–Crippen LogP) is 3.16. The van der Waals surface area contributed by atoms with Crippen molar-refractivity contribution in [3.05, 3.63) is 53.7 Å². The van der Waals surface area contributed by atoms with Gasteiger partial charge in [0.05, 0.1) is 11.7 Å². The number of nitrogen functional groups attached to an aromatic ring is 1. The topological polar surface area (TPSA) is 89.7 Å². The summed E-state index contributed by atoms with van der Waals surface area (Å²) in [5, 5.41) is 3.02. The minimum atomic E-state index is -0.570. The van der Waals surface area contributed by atoms with Crippen LogP contribution in [0, 0.1) is 0 Å². The summed E-state index contributed by atoms with van der Waals surface area (Å²) in [7, 11) is 0. The molecule has 0 radical (unpaired) electrons. The lowest BCUT2D eigenvalue weighted by Gasteiger charge is -2.40. The number of piperidine rings is 1. The van der Waals surface area contributed by atoms with E-state index in [0.29, 0.717) is 18.8 Å². The lowest BCUT2D eigenvalue weighted by molar-refractivity contribution is -0.147. The van der Waals surface area contributed by atoms with Gasteiger partial charge >= 0.3 is 0 Å². The Morgan fingerprint density at radius 1 is 1.32 bits per heavy atom. The van der Waals surface area contributed by atoms with E-state index >= 15 is 0 Å². The molecule has 0 saturated carbocycles. The Labute approximate surface area is 183 Å². The van der Waals surface area contributed by atoms with Crippen LogP contribution in [0.15, 0.2) is 42.6 Å². The third-order valence-electron chi connectivity index (χ3n) is 6.05. The van der Waals surface area contributed by atoms with Gasteiger partial charge in [0.1, 0.15) is 5.82 Å². The highest BCUT2D eigenvalue weighted by Crippen LogP contribution is 2.49. The van der Waals surface area contributed by atoms with Crippen molar-refractivity contribution in [3.8, 4) is 0 Å². The van der Waals surface area contributed by atoms with Crippen LogP contribution < -0.4 is 16.0 Å². The molecule has 0 aliphatic carbocycles. The summed E-state index contributed by atoms with van der Waals surface area (Å²) in [5.41, 5.74) is 8.32. The summed E-state index contributed by atoms with van der Waals surface area (Å²) in [6.07, 6.45) is 3.75. The number of fused-ring (bicyclic) bond motifs is 2. The largest absolute Gasteiger partial charge is 0.399 e. The molecule has 2 aliphatic rings. The van der Waals surface area contributed by atoms with E-state index in [2.05, 4.69) is 21.3 Å². The Bertz CT molecular complexity index is 909. The first-order valence-electron chi connectivity index (χ1n) is 11.1. The molecule has 1 saturated heterocycles. The number of carbonyl (C=O) groups is 1. The highest BCUT2D eigenvalue weighted by molar-refractivity contribution is 5.83. The Morgan fingerprint density at radius 2 is 2.10 bits per heavy atom. The molecule has 1 unspecified atom stereocenters. The number of hydrogen-bond acceptors (Lipinski definition) is 6. The first-order chi connectivity index (χ1) is 15.0. The van der Waals surface area contributed by atoms with Crippen molar-refractivity contribution >= 4 is 17.4 Å². The molecule has 3 heterocycles. The number of amides is 1. The van der Waals surface area contributed by atoms with E-state index in [0.717, 1.165) is 49.3 Å². The van der Waals surface area contributed by atoms with Crippen LogP contribution >= 0.6 is 0 Å². The van der Waals surface area contributed by atoms with Gasteiger partial charge in [0, 0.05) is 44.2 Å². The van der Waals surface area contributed by atoms with Gasteiger partial charge in [-0.2, -0.15) is 0 Å². The molecule has 1 aromatic heterocycles. The summed E-state index contributed by atoms with van der Waals surface area (Å²) in [6.45, 7) is 6.83. The van der Waals surface area contributed by atoms with Crippen molar-refractivity contribution in [1.29, 1.82) is 0 Å². The highest BCUT2D eigenvalue weighted by Gasteiger charge is 2.48. The molecule has 2 aliphatic heterocycles. The zero-order chi connectivity index (χ0) is 21.8. The van der Waals surface area contributed by atoms with Crippen molar-refractivity contribution in [2.75, 3.05) is 36.9 Å². The Balaban J connectivity index is 1.42. The molecule has 1 fully saturated rings. The third-order valence-corrected chi connectivity index (χ3v) is 6.05. The number of hydrogen-bond donors (Lipinski definition) is 2. The fourth-order valence-electron chi connectivity index (χ4n) is 4.47. The van der Waals surface area contributed by atoms with Gasteiger partial charge in [-0.1, -0.05) is 24.3 Å². The number of nitrogens with one attached hydrogen (secondary N) is 1. The molecule has 1 amide bonds. The average molecular weight is 425 g/mol. The van der Waals surface area contributed by atoms with Crippen LogP contribution in [0.25, 0.3) is 0 Å². The monoisotopic (exact) mass is 424 g/mol. The molecular weight excluding hydrogens is 392 g/mol. The summed E-state index contributed by atoms with van der Waals surface area (Å²) in [6, 6.07) is 11.8. The molecule has 1 atom stereocenters. The average Bonchev–Trinajstić information content (AvgIpc) is 3.08. The molecule has 4 rings (SSSR count). The number of benzene rings is 1. The number of anilines is 2. The highest BCUT2D eigenvalue weighted by atomic mass is 16.5. The summed E-state index contributed by atoms with van der Waals surface area (Å²) < 4.78 is 12.1. The maximum atomic E-state index is 12.9. The molecular formula is C24H32N4O3. The van der Waals surface area contributed by atoms with E-state index in [9.17, 15) is 4.79 Å². The van der Waals surface area contributed by atoms with Crippen LogP contribution in [0.4, 0.5) is 11.5 Å². The normalized spacial score (nSPS) is 19.6. The Morgan fingerprint density at radius 3 is 2.84 bits per heavy atom. The minimum Gasteiger partial charge on any atom is -0.399 e. The molecule has 166 valence electrons. The van der Waals surface area contributed by atoms with Crippen molar-refractivity contribution in [2.24, 2.45) is 0 Å². The molecule has 31 heavy (non-hydrogen) atoms. The van der Waals surface area contributed by atoms with Gasteiger partial charge in [0.25, 0.3) is 5.91 Å². The van der Waals surface area contributed by atoms with Gasteiger partial charge in [-0.25, -0.2) is 4.98 Å². The van der Waals surface area contributed by atoms with Gasteiger partial charge in [-0.05, 0) is 50.3 Å². The summed E-state index contributed by atoms with van der Waals surface area (Å²) >= 11 is 0. The number of nitrogens with zero attached hydrogens (tertiary/aromatic N) is 2. The van der Waals surface area contributed by atoms with Gasteiger partial charge in [0.2, 0.25) is 0 Å². The van der Waals surface area contributed by atoms with Gasteiger partial charge in [-0.15, -0.1) is 0 Å². The van der Waals surface area contributed by atoms with Crippen LogP contribution in [-0.4, -0.2) is 43.2 Å². The molecule has 1 spiro atoms. The maximum absolute atomic E-state index is 12.9. The number of rotatable bonds is 7. The maximum Gasteiger partial charge on any atom is 0.253 e. The van der Waals surface area contributed by atoms with E-state index in [1.807, 2.05) is 38.1 Å². The number of nitrogens with two attached hydrogens (primary N) is 1. The van der Waals surface area contributed by atoms with Gasteiger partial charge in [-0.3, -0.25) is 4.79 Å². The van der Waals surface area contributed by atoms with Crippen molar-refractivity contribution in [1.82, 2.24) is 10.3 Å². The molecule has 1 aromatic carbocycles. The van der Waals surface area contributed by atoms with E-state index in [1.165, 1.54) is 0 Å². The molecule has 0 bridgehead atoms. The number of ether oxygens (including phenoxy) is 2. The number of carbonyl (C=O) groups excluding carboxylic acids is 1. The summed E-state index contributed by atoms with van der Waals surface area (Å²) in [4.78, 5) is 19.6. The fourth-order valence-corrected chi connectivity index (χ4v) is 4.47.